The first kappa shape index (κ1) is 18.8. The SMILES string of the molecule is O=C(O)CCNC(=O)NCc1cccc(NC(=O)C2CCCCC2)c1. The van der Waals surface area contributed by atoms with Crippen LogP contribution in [0.4, 0.5) is 10.5 Å². The van der Waals surface area contributed by atoms with Crippen molar-refractivity contribution in [1.29, 1.82) is 0 Å². The number of amides is 3. The van der Waals surface area contributed by atoms with E-state index < -0.39 is 12.0 Å². The number of aliphatic carboxylic acids is 1. The summed E-state index contributed by atoms with van der Waals surface area (Å²) < 4.78 is 0. The highest BCUT2D eigenvalue weighted by atomic mass is 16.4. The van der Waals surface area contributed by atoms with Gasteiger partial charge in [-0.15, -0.1) is 0 Å². The second-order valence-corrected chi connectivity index (χ2v) is 6.28. The van der Waals surface area contributed by atoms with Crippen LogP contribution in [-0.2, 0) is 16.1 Å². The number of hydrogen-bond acceptors (Lipinski definition) is 3. The average Bonchev–Trinajstić information content (AvgIpc) is 2.61. The summed E-state index contributed by atoms with van der Waals surface area (Å²) in [5.74, 6) is -0.798. The third kappa shape index (κ3) is 6.82. The third-order valence-electron chi connectivity index (χ3n) is 4.25. The van der Waals surface area contributed by atoms with E-state index in [0.717, 1.165) is 36.9 Å². The van der Waals surface area contributed by atoms with Crippen molar-refractivity contribution in [1.82, 2.24) is 10.6 Å². The smallest absolute Gasteiger partial charge is 0.315 e. The van der Waals surface area contributed by atoms with Crippen molar-refractivity contribution in [3.8, 4) is 0 Å². The molecule has 136 valence electrons. The predicted octanol–water partition coefficient (Wildman–Crippen LogP) is 2.48. The molecule has 1 aliphatic rings. The molecule has 0 saturated heterocycles. The maximum Gasteiger partial charge on any atom is 0.315 e. The summed E-state index contributed by atoms with van der Waals surface area (Å²) in [5.41, 5.74) is 1.58. The van der Waals surface area contributed by atoms with Crippen molar-refractivity contribution in [3.63, 3.8) is 0 Å². The van der Waals surface area contributed by atoms with E-state index in [0.29, 0.717) is 6.54 Å². The van der Waals surface area contributed by atoms with Gasteiger partial charge in [0.25, 0.3) is 0 Å². The number of carboxylic acids is 1. The quantitative estimate of drug-likeness (QED) is 0.608. The molecule has 0 aliphatic heterocycles. The number of carbonyl (C=O) groups is 3. The number of hydrogen-bond donors (Lipinski definition) is 4. The van der Waals surface area contributed by atoms with Crippen molar-refractivity contribution < 1.29 is 19.5 Å². The summed E-state index contributed by atoms with van der Waals surface area (Å²) in [6.45, 7) is 0.380. The van der Waals surface area contributed by atoms with Gasteiger partial charge in [-0.1, -0.05) is 31.4 Å². The molecule has 0 spiro atoms. The molecule has 0 unspecified atom stereocenters. The summed E-state index contributed by atoms with van der Waals surface area (Å²) in [6.07, 6.45) is 5.21. The fraction of sp³-hybridized carbons (Fsp3) is 0.500. The van der Waals surface area contributed by atoms with Gasteiger partial charge in [-0.05, 0) is 30.5 Å². The van der Waals surface area contributed by atoms with Crippen molar-refractivity contribution in [2.45, 2.75) is 45.1 Å². The van der Waals surface area contributed by atoms with E-state index in [1.54, 1.807) is 0 Å². The Morgan fingerprint density at radius 2 is 1.84 bits per heavy atom. The van der Waals surface area contributed by atoms with Gasteiger partial charge in [-0.25, -0.2) is 4.79 Å². The normalized spacial score (nSPS) is 14.6. The van der Waals surface area contributed by atoms with Gasteiger partial charge in [-0.3, -0.25) is 9.59 Å². The maximum atomic E-state index is 12.3. The molecule has 0 radical (unpaired) electrons. The Hall–Kier alpha value is -2.57. The number of rotatable bonds is 7. The minimum Gasteiger partial charge on any atom is -0.481 e. The molecule has 4 N–H and O–H groups in total. The average molecular weight is 347 g/mol. The molecule has 1 aromatic rings. The van der Waals surface area contributed by atoms with Crippen LogP contribution in [0.3, 0.4) is 0 Å². The van der Waals surface area contributed by atoms with Crippen molar-refractivity contribution in [3.05, 3.63) is 29.8 Å². The second-order valence-electron chi connectivity index (χ2n) is 6.28. The number of nitrogens with one attached hydrogen (secondary N) is 3. The molecule has 1 fully saturated rings. The second kappa shape index (κ2) is 9.66. The monoisotopic (exact) mass is 347 g/mol. The highest BCUT2D eigenvalue weighted by Crippen LogP contribution is 2.25. The van der Waals surface area contributed by atoms with E-state index in [2.05, 4.69) is 16.0 Å². The van der Waals surface area contributed by atoms with Crippen LogP contribution in [0.1, 0.15) is 44.1 Å². The summed E-state index contributed by atoms with van der Waals surface area (Å²) in [7, 11) is 0. The minimum absolute atomic E-state index is 0.0659. The molecule has 7 heteroatoms. The van der Waals surface area contributed by atoms with Gasteiger partial charge in [0.05, 0.1) is 6.42 Å². The Balaban J connectivity index is 1.79. The first-order chi connectivity index (χ1) is 12.0. The van der Waals surface area contributed by atoms with Crippen LogP contribution in [0, 0.1) is 5.92 Å². The van der Waals surface area contributed by atoms with E-state index in [4.69, 9.17) is 5.11 Å². The molecule has 1 aromatic carbocycles. The van der Waals surface area contributed by atoms with Gasteiger partial charge in [0.1, 0.15) is 0 Å². The van der Waals surface area contributed by atoms with E-state index in [9.17, 15) is 14.4 Å². The van der Waals surface area contributed by atoms with Gasteiger partial charge in [0.2, 0.25) is 5.91 Å². The molecule has 2 rings (SSSR count). The number of carbonyl (C=O) groups excluding carboxylic acids is 2. The molecule has 3 amide bonds. The summed E-state index contributed by atoms with van der Waals surface area (Å²) in [6, 6.07) is 6.93. The summed E-state index contributed by atoms with van der Waals surface area (Å²) in [4.78, 5) is 34.3. The Morgan fingerprint density at radius 3 is 2.56 bits per heavy atom. The van der Waals surface area contributed by atoms with Crippen molar-refractivity contribution in [2.24, 2.45) is 5.92 Å². The van der Waals surface area contributed by atoms with E-state index in [1.165, 1.54) is 6.42 Å². The van der Waals surface area contributed by atoms with Crippen molar-refractivity contribution in [2.75, 3.05) is 11.9 Å². The zero-order valence-corrected chi connectivity index (χ0v) is 14.2. The molecule has 25 heavy (non-hydrogen) atoms. The van der Waals surface area contributed by atoms with Crippen molar-refractivity contribution >= 4 is 23.6 Å². The fourth-order valence-electron chi connectivity index (χ4n) is 2.90. The van der Waals surface area contributed by atoms with E-state index in [1.807, 2.05) is 24.3 Å². The van der Waals surface area contributed by atoms with Crippen LogP contribution in [-0.4, -0.2) is 29.6 Å². The lowest BCUT2D eigenvalue weighted by Gasteiger charge is -2.20. The van der Waals surface area contributed by atoms with E-state index in [-0.39, 0.29) is 24.8 Å². The van der Waals surface area contributed by atoms with Crippen LogP contribution < -0.4 is 16.0 Å². The maximum absolute atomic E-state index is 12.3. The minimum atomic E-state index is -0.957. The lowest BCUT2D eigenvalue weighted by atomic mass is 9.88. The van der Waals surface area contributed by atoms with Gasteiger partial charge in [0, 0.05) is 24.7 Å². The van der Waals surface area contributed by atoms with Crippen LogP contribution in [0.15, 0.2) is 24.3 Å². The Kier molecular flexibility index (Phi) is 7.25. The standard InChI is InChI=1S/C18H25N3O4/c22-16(23)9-10-19-18(25)20-12-13-5-4-8-15(11-13)21-17(24)14-6-2-1-3-7-14/h4-5,8,11,14H,1-3,6-7,9-10,12H2,(H,21,24)(H,22,23)(H2,19,20,25). The zero-order chi connectivity index (χ0) is 18.1. The topological polar surface area (TPSA) is 108 Å². The first-order valence-electron chi connectivity index (χ1n) is 8.68. The fourth-order valence-corrected chi connectivity index (χ4v) is 2.90. The summed E-state index contributed by atoms with van der Waals surface area (Å²) >= 11 is 0. The Labute approximate surface area is 147 Å². The van der Waals surface area contributed by atoms with Crippen LogP contribution in [0.25, 0.3) is 0 Å². The summed E-state index contributed by atoms with van der Waals surface area (Å²) in [5, 5.41) is 16.6. The van der Waals surface area contributed by atoms with Crippen LogP contribution >= 0.6 is 0 Å². The molecule has 0 aromatic heterocycles. The molecular weight excluding hydrogens is 322 g/mol. The molecule has 7 nitrogen and oxygen atoms in total. The largest absolute Gasteiger partial charge is 0.481 e. The number of carboxylic acid groups (broad SMARTS) is 1. The van der Waals surface area contributed by atoms with Crippen LogP contribution in [0.2, 0.25) is 0 Å². The number of benzene rings is 1. The number of anilines is 1. The molecule has 0 heterocycles. The third-order valence-corrected chi connectivity index (χ3v) is 4.25. The molecule has 0 atom stereocenters. The highest BCUT2D eigenvalue weighted by molar-refractivity contribution is 5.92. The van der Waals surface area contributed by atoms with Gasteiger partial charge in [-0.2, -0.15) is 0 Å². The zero-order valence-electron chi connectivity index (χ0n) is 14.2. The predicted molar refractivity (Wildman–Crippen MR) is 94.1 cm³/mol. The Morgan fingerprint density at radius 1 is 1.08 bits per heavy atom. The Bertz CT molecular complexity index is 612. The highest BCUT2D eigenvalue weighted by Gasteiger charge is 2.21. The lowest BCUT2D eigenvalue weighted by Crippen LogP contribution is -2.36. The van der Waals surface area contributed by atoms with Gasteiger partial charge >= 0.3 is 12.0 Å². The number of urea groups is 1. The molecule has 1 saturated carbocycles. The lowest BCUT2D eigenvalue weighted by molar-refractivity contribution is -0.136. The van der Waals surface area contributed by atoms with E-state index >= 15 is 0 Å². The first-order valence-corrected chi connectivity index (χ1v) is 8.68. The molecule has 0 bridgehead atoms. The van der Waals surface area contributed by atoms with Gasteiger partial charge < -0.3 is 21.1 Å². The van der Waals surface area contributed by atoms with Gasteiger partial charge in [0.15, 0.2) is 0 Å². The van der Waals surface area contributed by atoms with Crippen LogP contribution in [0.5, 0.6) is 0 Å². The molecule has 1 aliphatic carbocycles. The molecular formula is C18H25N3O4.